The van der Waals surface area contributed by atoms with Crippen LogP contribution in [-0.4, -0.2) is 35.4 Å². The number of rotatable bonds is 3. The van der Waals surface area contributed by atoms with Gasteiger partial charge in [-0.3, -0.25) is 4.79 Å². The van der Waals surface area contributed by atoms with E-state index in [0.717, 1.165) is 19.5 Å². The lowest BCUT2D eigenvalue weighted by Crippen LogP contribution is -2.39. The molecule has 5 nitrogen and oxygen atoms in total. The number of likely N-dealkylation sites (tertiary alicyclic amines) is 1. The van der Waals surface area contributed by atoms with Crippen molar-refractivity contribution >= 4 is 5.91 Å². The molecule has 17 heavy (non-hydrogen) atoms. The van der Waals surface area contributed by atoms with Crippen molar-refractivity contribution in [1.82, 2.24) is 9.88 Å². The molecule has 1 aromatic heterocycles. The van der Waals surface area contributed by atoms with Crippen molar-refractivity contribution in [2.45, 2.75) is 26.2 Å². The highest BCUT2D eigenvalue weighted by atomic mass is 16.3. The van der Waals surface area contributed by atoms with Gasteiger partial charge in [0.25, 0.3) is 5.91 Å². The maximum atomic E-state index is 12.1. The van der Waals surface area contributed by atoms with Crippen molar-refractivity contribution in [3.63, 3.8) is 0 Å². The van der Waals surface area contributed by atoms with Gasteiger partial charge >= 0.3 is 0 Å². The number of carbonyl (C=O) groups excluding carboxylic acids is 1. The maximum Gasteiger partial charge on any atom is 0.275 e. The first-order chi connectivity index (χ1) is 8.20. The van der Waals surface area contributed by atoms with E-state index < -0.39 is 0 Å². The average molecular weight is 237 g/mol. The summed E-state index contributed by atoms with van der Waals surface area (Å²) in [7, 11) is 0. The van der Waals surface area contributed by atoms with Crippen LogP contribution < -0.4 is 5.73 Å². The fraction of sp³-hybridized carbons (Fsp3) is 0.667. The monoisotopic (exact) mass is 237 g/mol. The second-order valence-electron chi connectivity index (χ2n) is 4.66. The maximum absolute atomic E-state index is 12.1. The van der Waals surface area contributed by atoms with Gasteiger partial charge in [0.15, 0.2) is 11.6 Å². The Morgan fingerprint density at radius 3 is 3.24 bits per heavy atom. The lowest BCUT2D eigenvalue weighted by atomic mass is 10.0. The number of nitrogens with zero attached hydrogens (tertiary/aromatic N) is 2. The number of amides is 1. The lowest BCUT2D eigenvalue weighted by molar-refractivity contribution is 0.0677. The molecule has 1 fully saturated rings. The minimum Gasteiger partial charge on any atom is -0.448 e. The molecular formula is C12H19N3O2. The van der Waals surface area contributed by atoms with Crippen molar-refractivity contribution in [3.05, 3.63) is 17.8 Å². The number of piperidine rings is 1. The van der Waals surface area contributed by atoms with Gasteiger partial charge in [-0.1, -0.05) is 6.92 Å². The van der Waals surface area contributed by atoms with Crippen LogP contribution in [-0.2, 0) is 6.42 Å². The lowest BCUT2D eigenvalue weighted by Gasteiger charge is -2.30. The Morgan fingerprint density at radius 2 is 2.53 bits per heavy atom. The topological polar surface area (TPSA) is 72.4 Å². The summed E-state index contributed by atoms with van der Waals surface area (Å²) >= 11 is 0. The average Bonchev–Trinajstić information content (AvgIpc) is 2.77. The van der Waals surface area contributed by atoms with Crippen LogP contribution in [0.2, 0.25) is 0 Å². The molecule has 0 saturated carbocycles. The highest BCUT2D eigenvalue weighted by molar-refractivity contribution is 5.92. The van der Waals surface area contributed by atoms with Crippen molar-refractivity contribution in [2.75, 3.05) is 19.6 Å². The van der Waals surface area contributed by atoms with E-state index in [1.54, 1.807) is 0 Å². The zero-order valence-corrected chi connectivity index (χ0v) is 10.2. The smallest absolute Gasteiger partial charge is 0.275 e. The summed E-state index contributed by atoms with van der Waals surface area (Å²) in [5.41, 5.74) is 5.82. The van der Waals surface area contributed by atoms with Gasteiger partial charge < -0.3 is 15.1 Å². The fourth-order valence-corrected chi connectivity index (χ4v) is 2.18. The van der Waals surface area contributed by atoms with Crippen LogP contribution in [0.25, 0.3) is 0 Å². The fourth-order valence-electron chi connectivity index (χ4n) is 2.18. The number of oxazole rings is 1. The predicted molar refractivity (Wildman–Crippen MR) is 63.6 cm³/mol. The summed E-state index contributed by atoms with van der Waals surface area (Å²) in [5.74, 6) is 1.09. The van der Waals surface area contributed by atoms with Gasteiger partial charge in [0.2, 0.25) is 0 Å². The van der Waals surface area contributed by atoms with Crippen LogP contribution >= 0.6 is 0 Å². The molecule has 1 unspecified atom stereocenters. The van der Waals surface area contributed by atoms with Gasteiger partial charge in [-0.15, -0.1) is 0 Å². The van der Waals surface area contributed by atoms with E-state index in [0.29, 0.717) is 30.5 Å². The molecule has 5 heteroatoms. The van der Waals surface area contributed by atoms with Crippen LogP contribution in [0.3, 0.4) is 0 Å². The molecular weight excluding hydrogens is 218 g/mol. The molecule has 1 saturated heterocycles. The van der Waals surface area contributed by atoms with Crippen molar-refractivity contribution < 1.29 is 9.21 Å². The Hall–Kier alpha value is -1.36. The Balaban J connectivity index is 2.02. The van der Waals surface area contributed by atoms with E-state index >= 15 is 0 Å². The number of aromatic nitrogens is 1. The molecule has 0 radical (unpaired) electrons. The summed E-state index contributed by atoms with van der Waals surface area (Å²) in [5, 5.41) is 0. The second-order valence-corrected chi connectivity index (χ2v) is 4.66. The third kappa shape index (κ3) is 2.85. The minimum absolute atomic E-state index is 0.0245. The molecule has 94 valence electrons. The first-order valence-corrected chi connectivity index (χ1v) is 6.14. The number of carbonyl (C=O) groups is 1. The Morgan fingerprint density at radius 1 is 1.71 bits per heavy atom. The molecule has 1 atom stereocenters. The number of hydrogen-bond donors (Lipinski definition) is 1. The summed E-state index contributed by atoms with van der Waals surface area (Å²) < 4.78 is 5.21. The van der Waals surface area contributed by atoms with Gasteiger partial charge in [-0.25, -0.2) is 4.98 Å². The molecule has 1 aliphatic heterocycles. The Labute approximate surface area is 101 Å². The Kier molecular flexibility index (Phi) is 3.78. The van der Waals surface area contributed by atoms with Crippen LogP contribution in [0.1, 0.15) is 36.1 Å². The van der Waals surface area contributed by atoms with Gasteiger partial charge in [-0.05, 0) is 18.8 Å². The molecule has 2 N–H and O–H groups in total. The molecule has 0 aromatic carbocycles. The quantitative estimate of drug-likeness (QED) is 0.852. The normalized spacial score (nSPS) is 20.6. The van der Waals surface area contributed by atoms with Crippen molar-refractivity contribution in [3.8, 4) is 0 Å². The largest absolute Gasteiger partial charge is 0.448 e. The van der Waals surface area contributed by atoms with Gasteiger partial charge in [-0.2, -0.15) is 0 Å². The van der Waals surface area contributed by atoms with E-state index in [4.69, 9.17) is 10.2 Å². The zero-order valence-electron chi connectivity index (χ0n) is 10.2. The highest BCUT2D eigenvalue weighted by Crippen LogP contribution is 2.17. The van der Waals surface area contributed by atoms with Crippen LogP contribution in [0, 0.1) is 5.92 Å². The van der Waals surface area contributed by atoms with E-state index in [-0.39, 0.29) is 5.91 Å². The van der Waals surface area contributed by atoms with Crippen LogP contribution in [0.15, 0.2) is 10.7 Å². The van der Waals surface area contributed by atoms with E-state index in [9.17, 15) is 4.79 Å². The van der Waals surface area contributed by atoms with Crippen LogP contribution in [0.4, 0.5) is 0 Å². The molecule has 2 heterocycles. The second kappa shape index (κ2) is 5.31. The molecule has 1 aliphatic rings. The van der Waals surface area contributed by atoms with E-state index in [1.165, 1.54) is 12.7 Å². The van der Waals surface area contributed by atoms with Gasteiger partial charge in [0.05, 0.1) is 0 Å². The molecule has 1 amide bonds. The molecule has 0 aliphatic carbocycles. The third-order valence-corrected chi connectivity index (χ3v) is 3.07. The molecule has 0 spiro atoms. The zero-order chi connectivity index (χ0) is 12.3. The summed E-state index contributed by atoms with van der Waals surface area (Å²) in [6.07, 6.45) is 4.28. The molecule has 0 bridgehead atoms. The van der Waals surface area contributed by atoms with Crippen LogP contribution in [0.5, 0.6) is 0 Å². The standard InChI is InChI=1S/C12H19N3O2/c1-9-3-2-6-15(7-9)12(16)10-8-17-11(14-10)4-5-13/h8-9H,2-7,13H2,1H3. The van der Waals surface area contributed by atoms with Gasteiger partial charge in [0.1, 0.15) is 6.26 Å². The molecule has 2 rings (SSSR count). The SMILES string of the molecule is CC1CCCN(C(=O)c2coc(CCN)n2)C1. The molecule has 1 aromatic rings. The van der Waals surface area contributed by atoms with E-state index in [1.807, 2.05) is 4.90 Å². The first-order valence-electron chi connectivity index (χ1n) is 6.14. The van der Waals surface area contributed by atoms with E-state index in [2.05, 4.69) is 11.9 Å². The number of hydrogen-bond acceptors (Lipinski definition) is 4. The predicted octanol–water partition coefficient (Wildman–Crippen LogP) is 1.05. The number of nitrogens with two attached hydrogens (primary N) is 1. The highest BCUT2D eigenvalue weighted by Gasteiger charge is 2.24. The summed E-state index contributed by atoms with van der Waals surface area (Å²) in [4.78, 5) is 18.2. The summed E-state index contributed by atoms with van der Waals surface area (Å²) in [6, 6.07) is 0. The first kappa shape index (κ1) is 12.1. The van der Waals surface area contributed by atoms with Crippen molar-refractivity contribution in [2.24, 2.45) is 11.7 Å². The summed E-state index contributed by atoms with van der Waals surface area (Å²) in [6.45, 7) is 4.29. The Bertz CT molecular complexity index is 389. The van der Waals surface area contributed by atoms with Gasteiger partial charge in [0, 0.05) is 26.1 Å². The van der Waals surface area contributed by atoms with Crippen molar-refractivity contribution in [1.29, 1.82) is 0 Å². The minimum atomic E-state index is -0.0245. The third-order valence-electron chi connectivity index (χ3n) is 3.07.